The molecule has 0 aromatic heterocycles. The van der Waals surface area contributed by atoms with E-state index in [0.717, 1.165) is 44.5 Å². The van der Waals surface area contributed by atoms with Crippen LogP contribution in [0.2, 0.25) is 0 Å². The topological polar surface area (TPSA) is 12.5 Å². The van der Waals surface area contributed by atoms with E-state index in [1.54, 1.807) is 0 Å². The van der Waals surface area contributed by atoms with Gasteiger partial charge in [-0.2, -0.15) is 0 Å². The Hall–Kier alpha value is 0.210. The van der Waals surface area contributed by atoms with E-state index in [4.69, 9.17) is 16.3 Å². The van der Waals surface area contributed by atoms with E-state index in [2.05, 4.69) is 18.7 Å². The third-order valence-electron chi connectivity index (χ3n) is 2.74. The number of ether oxygens (including phenoxy) is 1. The predicted octanol–water partition coefficient (Wildman–Crippen LogP) is 3.00. The highest BCUT2D eigenvalue weighted by Gasteiger charge is 2.05. The molecule has 2 nitrogen and oxygen atoms in total. The fourth-order valence-electron chi connectivity index (χ4n) is 1.50. The summed E-state index contributed by atoms with van der Waals surface area (Å²) >= 11 is 5.71. The minimum atomic E-state index is 0.739. The lowest BCUT2D eigenvalue weighted by Crippen LogP contribution is -2.29. The van der Waals surface area contributed by atoms with Gasteiger partial charge in [0.05, 0.1) is 6.61 Å². The summed E-state index contributed by atoms with van der Waals surface area (Å²) in [7, 11) is 0. The first-order valence-electron chi connectivity index (χ1n) is 6.10. The van der Waals surface area contributed by atoms with E-state index < -0.39 is 0 Å². The summed E-state index contributed by atoms with van der Waals surface area (Å²) < 4.78 is 5.36. The van der Waals surface area contributed by atoms with Gasteiger partial charge in [-0.3, -0.25) is 0 Å². The smallest absolute Gasteiger partial charge is 0.0593 e. The van der Waals surface area contributed by atoms with Crippen LogP contribution in [0.4, 0.5) is 0 Å². The molecule has 0 spiro atoms. The van der Waals surface area contributed by atoms with Gasteiger partial charge in [0.25, 0.3) is 0 Å². The third kappa shape index (κ3) is 9.16. The van der Waals surface area contributed by atoms with E-state index in [0.29, 0.717) is 0 Å². The van der Waals surface area contributed by atoms with Crippen LogP contribution in [0.3, 0.4) is 0 Å². The maximum atomic E-state index is 5.71. The van der Waals surface area contributed by atoms with Crippen LogP contribution in [0, 0.1) is 5.92 Å². The second kappa shape index (κ2) is 10.7. The summed E-state index contributed by atoms with van der Waals surface area (Å²) in [6.45, 7) is 11.5. The summed E-state index contributed by atoms with van der Waals surface area (Å²) in [5.74, 6) is 1.52. The molecule has 0 aliphatic heterocycles. The minimum absolute atomic E-state index is 0.739. The molecule has 15 heavy (non-hydrogen) atoms. The largest absolute Gasteiger partial charge is 0.380 e. The minimum Gasteiger partial charge on any atom is -0.380 e. The molecule has 0 amide bonds. The highest BCUT2D eigenvalue weighted by molar-refractivity contribution is 6.17. The van der Waals surface area contributed by atoms with Gasteiger partial charge in [0.1, 0.15) is 0 Å². The van der Waals surface area contributed by atoms with Crippen molar-refractivity contribution >= 4 is 11.6 Å². The van der Waals surface area contributed by atoms with Gasteiger partial charge in [-0.15, -0.1) is 11.6 Å². The quantitative estimate of drug-likeness (QED) is 0.426. The SMILES string of the molecule is CCOCCN(CC)CCC(C)CCCl. The molecule has 0 radical (unpaired) electrons. The Morgan fingerprint density at radius 2 is 1.93 bits per heavy atom. The molecule has 92 valence electrons. The van der Waals surface area contributed by atoms with Gasteiger partial charge >= 0.3 is 0 Å². The number of likely N-dealkylation sites (N-methyl/N-ethyl adjacent to an activating group) is 1. The van der Waals surface area contributed by atoms with Crippen molar-refractivity contribution < 1.29 is 4.74 Å². The maximum Gasteiger partial charge on any atom is 0.0593 e. The van der Waals surface area contributed by atoms with E-state index in [-0.39, 0.29) is 0 Å². The summed E-state index contributed by atoms with van der Waals surface area (Å²) in [4.78, 5) is 2.44. The van der Waals surface area contributed by atoms with Crippen LogP contribution < -0.4 is 0 Å². The number of alkyl halides is 1. The Morgan fingerprint density at radius 3 is 2.47 bits per heavy atom. The fourth-order valence-corrected chi connectivity index (χ4v) is 1.87. The van der Waals surface area contributed by atoms with E-state index in [9.17, 15) is 0 Å². The second-order valence-electron chi connectivity index (χ2n) is 4.00. The Kier molecular flexibility index (Phi) is 10.9. The molecule has 0 fully saturated rings. The molecular weight excluding hydrogens is 210 g/mol. The lowest BCUT2D eigenvalue weighted by Gasteiger charge is -2.21. The van der Waals surface area contributed by atoms with Crippen molar-refractivity contribution in [3.8, 4) is 0 Å². The van der Waals surface area contributed by atoms with Gasteiger partial charge in [0.15, 0.2) is 0 Å². The van der Waals surface area contributed by atoms with E-state index in [1.165, 1.54) is 13.0 Å². The first-order chi connectivity index (χ1) is 7.24. The number of hydrogen-bond donors (Lipinski definition) is 0. The zero-order valence-corrected chi connectivity index (χ0v) is 11.2. The Balaban J connectivity index is 3.51. The van der Waals surface area contributed by atoms with Gasteiger partial charge < -0.3 is 9.64 Å². The highest BCUT2D eigenvalue weighted by atomic mass is 35.5. The zero-order valence-electron chi connectivity index (χ0n) is 10.5. The summed E-state index contributed by atoms with van der Waals surface area (Å²) in [5.41, 5.74) is 0. The average Bonchev–Trinajstić information content (AvgIpc) is 2.23. The van der Waals surface area contributed by atoms with E-state index >= 15 is 0 Å². The average molecular weight is 236 g/mol. The molecule has 0 rings (SSSR count). The van der Waals surface area contributed by atoms with Crippen molar-refractivity contribution in [2.45, 2.75) is 33.6 Å². The lowest BCUT2D eigenvalue weighted by atomic mass is 10.1. The first-order valence-corrected chi connectivity index (χ1v) is 6.64. The molecule has 0 aromatic rings. The molecule has 0 N–H and O–H groups in total. The standard InChI is InChI=1S/C12H26ClNO/c1-4-14(10-11-15-5-2)9-7-12(3)6-8-13/h12H,4-11H2,1-3H3. The summed E-state index contributed by atoms with van der Waals surface area (Å²) in [5, 5.41) is 0. The number of nitrogens with zero attached hydrogens (tertiary/aromatic N) is 1. The fraction of sp³-hybridized carbons (Fsp3) is 1.00. The molecule has 0 aliphatic rings. The van der Waals surface area contributed by atoms with Crippen LogP contribution in [0.1, 0.15) is 33.6 Å². The normalized spacial score (nSPS) is 13.4. The monoisotopic (exact) mass is 235 g/mol. The van der Waals surface area contributed by atoms with Gasteiger partial charge in [0.2, 0.25) is 0 Å². The van der Waals surface area contributed by atoms with Gasteiger partial charge in [-0.1, -0.05) is 13.8 Å². The van der Waals surface area contributed by atoms with Crippen LogP contribution in [-0.2, 0) is 4.74 Å². The van der Waals surface area contributed by atoms with Crippen LogP contribution in [0.25, 0.3) is 0 Å². The number of hydrogen-bond acceptors (Lipinski definition) is 2. The van der Waals surface area contributed by atoms with E-state index in [1.807, 2.05) is 6.92 Å². The molecular formula is C12H26ClNO. The second-order valence-corrected chi connectivity index (χ2v) is 4.38. The molecule has 3 heteroatoms. The predicted molar refractivity (Wildman–Crippen MR) is 67.7 cm³/mol. The Bertz CT molecular complexity index is 133. The van der Waals surface area contributed by atoms with Crippen molar-refractivity contribution in [3.05, 3.63) is 0 Å². The highest BCUT2D eigenvalue weighted by Crippen LogP contribution is 2.09. The van der Waals surface area contributed by atoms with Crippen LogP contribution in [0.15, 0.2) is 0 Å². The van der Waals surface area contributed by atoms with Gasteiger partial charge in [-0.05, 0) is 38.8 Å². The van der Waals surface area contributed by atoms with Crippen molar-refractivity contribution in [2.24, 2.45) is 5.92 Å². The molecule has 1 atom stereocenters. The maximum absolute atomic E-state index is 5.71. The van der Waals surface area contributed by atoms with Gasteiger partial charge in [-0.25, -0.2) is 0 Å². The van der Waals surface area contributed by atoms with Crippen molar-refractivity contribution in [2.75, 3.05) is 38.7 Å². The Labute approximate surface area is 99.9 Å². The molecule has 0 bridgehead atoms. The van der Waals surface area contributed by atoms with Gasteiger partial charge in [0, 0.05) is 19.0 Å². The first kappa shape index (κ1) is 15.2. The van der Waals surface area contributed by atoms with Crippen LogP contribution in [0.5, 0.6) is 0 Å². The molecule has 0 saturated carbocycles. The molecule has 0 saturated heterocycles. The summed E-state index contributed by atoms with van der Waals surface area (Å²) in [6, 6.07) is 0. The Morgan fingerprint density at radius 1 is 1.20 bits per heavy atom. The van der Waals surface area contributed by atoms with Crippen molar-refractivity contribution in [3.63, 3.8) is 0 Å². The van der Waals surface area contributed by atoms with Crippen LogP contribution in [-0.4, -0.2) is 43.6 Å². The number of halogens is 1. The van der Waals surface area contributed by atoms with Crippen molar-refractivity contribution in [1.29, 1.82) is 0 Å². The molecule has 0 heterocycles. The zero-order chi connectivity index (χ0) is 11.5. The van der Waals surface area contributed by atoms with Crippen LogP contribution >= 0.6 is 11.6 Å². The number of rotatable bonds is 10. The lowest BCUT2D eigenvalue weighted by molar-refractivity contribution is 0.113. The molecule has 0 aliphatic carbocycles. The summed E-state index contributed by atoms with van der Waals surface area (Å²) in [6.07, 6.45) is 2.37. The molecule has 1 unspecified atom stereocenters. The third-order valence-corrected chi connectivity index (χ3v) is 2.96. The van der Waals surface area contributed by atoms with Crippen molar-refractivity contribution in [1.82, 2.24) is 4.90 Å². The molecule has 0 aromatic carbocycles.